The van der Waals surface area contributed by atoms with E-state index in [2.05, 4.69) is 10.7 Å². The average molecular weight is 246 g/mol. The third-order valence-corrected chi connectivity index (χ3v) is 3.21. The minimum absolute atomic E-state index is 0.0229. The number of halogens is 1. The molecule has 0 spiro atoms. The minimum atomic E-state index is -0.851. The Labute approximate surface area is 96.5 Å². The molecule has 0 bridgehead atoms. The Hall–Kier alpha value is -1.12. The third-order valence-electron chi connectivity index (χ3n) is 1.72. The van der Waals surface area contributed by atoms with E-state index in [1.54, 1.807) is 18.5 Å². The SMILES string of the molecule is CC(c1ccc(Cl)nc1)S(C)=O.N#CN. The van der Waals surface area contributed by atoms with Crippen LogP contribution >= 0.6 is 11.6 Å². The zero-order chi connectivity index (χ0) is 11.8. The lowest BCUT2D eigenvalue weighted by atomic mass is 10.2. The topological polar surface area (TPSA) is 79.8 Å². The maximum atomic E-state index is 11.1. The zero-order valence-corrected chi connectivity index (χ0v) is 10.0. The maximum absolute atomic E-state index is 11.1. The van der Waals surface area contributed by atoms with Crippen molar-refractivity contribution in [2.24, 2.45) is 5.73 Å². The fourth-order valence-electron chi connectivity index (χ4n) is 0.819. The van der Waals surface area contributed by atoms with Crippen LogP contribution in [-0.2, 0) is 10.8 Å². The molecule has 1 rings (SSSR count). The molecule has 0 saturated carbocycles. The van der Waals surface area contributed by atoms with Gasteiger partial charge in [0, 0.05) is 23.3 Å². The number of hydrogen-bond acceptors (Lipinski definition) is 4. The molecule has 0 aliphatic carbocycles. The third kappa shape index (κ3) is 5.35. The Bertz CT molecular complexity index is 361. The van der Waals surface area contributed by atoms with E-state index in [9.17, 15) is 4.21 Å². The largest absolute Gasteiger partial charge is 0.337 e. The van der Waals surface area contributed by atoms with Gasteiger partial charge in [-0.2, -0.15) is 5.26 Å². The number of nitrogens with zero attached hydrogens (tertiary/aromatic N) is 2. The first-order valence-corrected chi connectivity index (χ1v) is 6.06. The summed E-state index contributed by atoms with van der Waals surface area (Å²) in [6.07, 6.45) is 4.59. The van der Waals surface area contributed by atoms with Crippen LogP contribution in [0.2, 0.25) is 5.15 Å². The molecule has 1 heterocycles. The van der Waals surface area contributed by atoms with Crippen molar-refractivity contribution in [2.45, 2.75) is 12.2 Å². The summed E-state index contributed by atoms with van der Waals surface area (Å²) in [6.45, 7) is 1.90. The maximum Gasteiger partial charge on any atom is 0.173 e. The quantitative estimate of drug-likeness (QED) is 0.488. The normalized spacial score (nSPS) is 12.9. The summed E-state index contributed by atoms with van der Waals surface area (Å²) in [7, 11) is -0.851. The van der Waals surface area contributed by atoms with Gasteiger partial charge >= 0.3 is 0 Å². The average Bonchev–Trinajstić information content (AvgIpc) is 2.19. The smallest absolute Gasteiger partial charge is 0.173 e. The van der Waals surface area contributed by atoms with Gasteiger partial charge in [0.2, 0.25) is 0 Å². The van der Waals surface area contributed by atoms with E-state index >= 15 is 0 Å². The van der Waals surface area contributed by atoms with Crippen molar-refractivity contribution in [2.75, 3.05) is 6.26 Å². The number of aromatic nitrogens is 1. The summed E-state index contributed by atoms with van der Waals surface area (Å²) in [6, 6.07) is 3.56. The summed E-state index contributed by atoms with van der Waals surface area (Å²) >= 11 is 5.61. The van der Waals surface area contributed by atoms with Crippen molar-refractivity contribution >= 4 is 22.4 Å². The molecule has 0 saturated heterocycles. The Morgan fingerprint density at radius 2 is 2.20 bits per heavy atom. The van der Waals surface area contributed by atoms with Gasteiger partial charge in [-0.05, 0) is 18.6 Å². The van der Waals surface area contributed by atoms with E-state index in [0.29, 0.717) is 5.15 Å². The number of hydrogen-bond donors (Lipinski definition) is 1. The molecule has 82 valence electrons. The van der Waals surface area contributed by atoms with Gasteiger partial charge < -0.3 is 5.73 Å². The molecule has 2 unspecified atom stereocenters. The number of nitrogens with two attached hydrogens (primary N) is 1. The van der Waals surface area contributed by atoms with Crippen molar-refractivity contribution in [3.8, 4) is 6.19 Å². The molecule has 4 nitrogen and oxygen atoms in total. The zero-order valence-electron chi connectivity index (χ0n) is 8.48. The molecule has 1 aromatic heterocycles. The fraction of sp³-hybridized carbons (Fsp3) is 0.333. The van der Waals surface area contributed by atoms with E-state index < -0.39 is 10.8 Å². The van der Waals surface area contributed by atoms with Gasteiger partial charge in [-0.1, -0.05) is 17.7 Å². The first-order chi connectivity index (χ1) is 7.02. The van der Waals surface area contributed by atoms with Crippen molar-refractivity contribution < 1.29 is 4.21 Å². The monoisotopic (exact) mass is 245 g/mol. The van der Waals surface area contributed by atoms with Gasteiger partial charge in [0.1, 0.15) is 5.15 Å². The molecule has 0 aliphatic heterocycles. The molecule has 0 radical (unpaired) electrons. The van der Waals surface area contributed by atoms with Gasteiger partial charge in [-0.25, -0.2) is 4.98 Å². The van der Waals surface area contributed by atoms with Gasteiger partial charge in [-0.15, -0.1) is 0 Å². The molecule has 0 amide bonds. The Morgan fingerprint density at radius 3 is 2.53 bits per heavy atom. The second kappa shape index (κ2) is 7.21. The van der Waals surface area contributed by atoms with Gasteiger partial charge in [-0.3, -0.25) is 4.21 Å². The number of pyridine rings is 1. The molecule has 15 heavy (non-hydrogen) atoms. The van der Waals surface area contributed by atoms with Crippen molar-refractivity contribution in [3.05, 3.63) is 29.0 Å². The van der Waals surface area contributed by atoms with Crippen LogP contribution < -0.4 is 5.73 Å². The Morgan fingerprint density at radius 1 is 1.67 bits per heavy atom. The van der Waals surface area contributed by atoms with Gasteiger partial charge in [0.15, 0.2) is 6.19 Å². The molecule has 0 fully saturated rings. The van der Waals surface area contributed by atoms with Gasteiger partial charge in [0.05, 0.1) is 5.25 Å². The molecule has 0 aromatic carbocycles. The minimum Gasteiger partial charge on any atom is -0.337 e. The standard InChI is InChI=1S/C8H10ClNOS.CH2N2/c1-6(12(2)11)7-3-4-8(9)10-5-7;2-1-3/h3-6H,1-2H3;2H2. The highest BCUT2D eigenvalue weighted by Gasteiger charge is 2.08. The van der Waals surface area contributed by atoms with Crippen LogP contribution in [0.5, 0.6) is 0 Å². The lowest BCUT2D eigenvalue weighted by Crippen LogP contribution is -2.00. The van der Waals surface area contributed by atoms with E-state index in [-0.39, 0.29) is 5.25 Å². The van der Waals surface area contributed by atoms with E-state index in [4.69, 9.17) is 16.9 Å². The fourth-order valence-corrected chi connectivity index (χ4v) is 1.45. The Balaban J connectivity index is 0.000000583. The molecular formula is C9H12ClN3OS. The van der Waals surface area contributed by atoms with Crippen LogP contribution in [-0.4, -0.2) is 15.4 Å². The van der Waals surface area contributed by atoms with Crippen molar-refractivity contribution in [3.63, 3.8) is 0 Å². The highest BCUT2D eigenvalue weighted by molar-refractivity contribution is 7.84. The van der Waals surface area contributed by atoms with Crippen LogP contribution in [0.15, 0.2) is 18.3 Å². The number of nitriles is 1. The summed E-state index contributed by atoms with van der Waals surface area (Å²) in [5.41, 5.74) is 5.11. The van der Waals surface area contributed by atoms with E-state index in [1.165, 1.54) is 6.19 Å². The molecule has 2 N–H and O–H groups in total. The lowest BCUT2D eigenvalue weighted by Gasteiger charge is -2.06. The second-order valence-electron chi connectivity index (χ2n) is 2.68. The predicted molar refractivity (Wildman–Crippen MR) is 61.5 cm³/mol. The predicted octanol–water partition coefficient (Wildman–Crippen LogP) is 1.60. The first-order valence-electron chi connectivity index (χ1n) is 4.06. The first kappa shape index (κ1) is 13.9. The highest BCUT2D eigenvalue weighted by Crippen LogP contribution is 2.17. The van der Waals surface area contributed by atoms with Crippen molar-refractivity contribution in [1.82, 2.24) is 4.98 Å². The highest BCUT2D eigenvalue weighted by atomic mass is 35.5. The molecule has 2 atom stereocenters. The Kier molecular flexibility index (Phi) is 6.67. The van der Waals surface area contributed by atoms with Crippen LogP contribution in [0.25, 0.3) is 0 Å². The van der Waals surface area contributed by atoms with Crippen molar-refractivity contribution in [1.29, 1.82) is 5.26 Å². The second-order valence-corrected chi connectivity index (χ2v) is 4.78. The summed E-state index contributed by atoms with van der Waals surface area (Å²) in [5, 5.41) is 7.59. The number of rotatable bonds is 2. The molecular weight excluding hydrogens is 234 g/mol. The summed E-state index contributed by atoms with van der Waals surface area (Å²) < 4.78 is 11.1. The van der Waals surface area contributed by atoms with Crippen LogP contribution in [0.4, 0.5) is 0 Å². The molecule has 0 aliphatic rings. The van der Waals surface area contributed by atoms with Crippen LogP contribution in [0.3, 0.4) is 0 Å². The van der Waals surface area contributed by atoms with E-state index in [0.717, 1.165) is 5.56 Å². The van der Waals surface area contributed by atoms with Crippen LogP contribution in [0.1, 0.15) is 17.7 Å². The lowest BCUT2D eigenvalue weighted by molar-refractivity contribution is 0.680. The summed E-state index contributed by atoms with van der Waals surface area (Å²) in [4.78, 5) is 3.91. The molecule has 1 aromatic rings. The van der Waals surface area contributed by atoms with Gasteiger partial charge in [0.25, 0.3) is 0 Å². The van der Waals surface area contributed by atoms with Crippen LogP contribution in [0, 0.1) is 11.5 Å². The summed E-state index contributed by atoms with van der Waals surface area (Å²) in [5.74, 6) is 0. The molecule has 6 heteroatoms. The van der Waals surface area contributed by atoms with E-state index in [1.807, 2.05) is 13.0 Å².